The molecule has 0 saturated carbocycles. The van der Waals surface area contributed by atoms with Gasteiger partial charge in [-0.05, 0) is 0 Å². The molecule has 0 aromatic rings. The number of rotatable bonds is 0. The van der Waals surface area contributed by atoms with E-state index in [1.165, 1.54) is 0 Å². The number of hydrogen-bond acceptors (Lipinski definition) is 6. The SMILES string of the molecule is O[Te](F)(F)(F)(F)F.O[Te](F)(F)(F)(F)F.[Ag+].[Ag+].[C-]#[O+].[C-]#[O+].[O-][Te](F)(F)(F)(F)F.[O-][Te](F)(F)(F)(F)F.[O-][Te](F)(F)(F)(F)F.[O-][Te](F)(F)(F)(F)F.[Ti+2]. The summed E-state index contributed by atoms with van der Waals surface area (Å²) in [7, 11) is 0. The molecule has 0 unspecified atom stereocenters. The molecule has 0 aromatic heterocycles. The molecule has 0 heterocycles. The van der Waals surface area contributed by atoms with Gasteiger partial charge in [-0.25, -0.2) is 0 Å². The van der Waals surface area contributed by atoms with E-state index in [1.54, 1.807) is 0 Å². The summed E-state index contributed by atoms with van der Waals surface area (Å²) < 4.78 is 362. The first kappa shape index (κ1) is 81.3. The van der Waals surface area contributed by atoms with Crippen LogP contribution in [-0.2, 0) is 75.8 Å². The zero-order valence-corrected chi connectivity index (χ0v) is 37.7. The molecule has 330 valence electrons. The van der Waals surface area contributed by atoms with Gasteiger partial charge in [0.2, 0.25) is 0 Å². The van der Waals surface area contributed by atoms with E-state index in [4.69, 9.17) is 30.1 Å². The van der Waals surface area contributed by atoms with Crippen molar-refractivity contribution in [1.82, 2.24) is 0 Å². The Bertz CT molecular complexity index is 749. The maximum atomic E-state index is 10.1. The van der Waals surface area contributed by atoms with Crippen molar-refractivity contribution in [2.75, 3.05) is 0 Å². The van der Waals surface area contributed by atoms with Gasteiger partial charge in [-0.15, -0.1) is 0 Å². The predicted octanol–water partition coefficient (Wildman–Crippen LogP) is 4.37. The van der Waals surface area contributed by atoms with Crippen molar-refractivity contribution in [3.05, 3.63) is 13.3 Å². The molecule has 8 nitrogen and oxygen atoms in total. The molecule has 0 fully saturated rings. The molecule has 0 bridgehead atoms. The van der Waals surface area contributed by atoms with Crippen LogP contribution in [0.2, 0.25) is 0 Å². The molecule has 0 saturated heterocycles. The third-order valence-corrected chi connectivity index (χ3v) is 0. The minimum Gasteiger partial charge on any atom is 2.00 e. The van der Waals surface area contributed by atoms with Crippen LogP contribution in [-0.4, -0.2) is 119 Å². The van der Waals surface area contributed by atoms with E-state index in [2.05, 4.69) is 13.3 Å². The minimum atomic E-state index is -10.9. The van der Waals surface area contributed by atoms with Crippen LogP contribution in [0.15, 0.2) is 0 Å². The second-order valence-corrected chi connectivity index (χ2v) is 36.6. The first-order valence-corrected chi connectivity index (χ1v) is 38.4. The molecule has 0 spiro atoms. The monoisotopic (exact) mass is 1770 g/mol. The summed E-state index contributed by atoms with van der Waals surface area (Å²) in [6.07, 6.45) is 0. The Hall–Kier alpha value is 4.07. The van der Waals surface area contributed by atoms with Crippen LogP contribution in [0, 0.1) is 13.3 Å². The molecule has 47 heteroatoms. The van der Waals surface area contributed by atoms with Gasteiger partial charge in [0.1, 0.15) is 0 Å². The van der Waals surface area contributed by atoms with Gasteiger partial charge in [0.05, 0.1) is 0 Å². The van der Waals surface area contributed by atoms with Crippen molar-refractivity contribution in [2.24, 2.45) is 0 Å². The fourth-order valence-corrected chi connectivity index (χ4v) is 0. The standard InChI is InChI=1S/2CO.2Ag.6F5HOTe.Ti/c2*1-2;;;6*1-7(2,3,4,5)6;/h;;;;6*6H;/q;;2*+1;;;;;;;+2/p-4. The molecule has 2 N–H and O–H groups in total. The Morgan fingerprint density at radius 3 is 0.286 bits per heavy atom. The Morgan fingerprint density at radius 1 is 0.286 bits per heavy atom. The molecule has 0 radical (unpaired) electrons. The average molecular weight is 1750 g/mol. The molecule has 0 aliphatic rings. The normalized spacial score (nSPS) is 19.9. The average Bonchev–Trinajstić information content (AvgIpc) is 2.17. The topological polar surface area (TPSA) is 172 Å². The molecule has 49 heavy (non-hydrogen) atoms. The third kappa shape index (κ3) is 7870. The van der Waals surface area contributed by atoms with Gasteiger partial charge in [-0.3, -0.25) is 0 Å². The fourth-order valence-electron chi connectivity index (χ4n) is 0. The van der Waals surface area contributed by atoms with Gasteiger partial charge >= 0.3 is 309 Å². The van der Waals surface area contributed by atoms with Gasteiger partial charge < -0.3 is 0 Å². The quantitative estimate of drug-likeness (QED) is 0.158. The second-order valence-electron chi connectivity index (χ2n) is 5.45. The Balaban J connectivity index is -0.0000000380. The Labute approximate surface area is 304 Å². The summed E-state index contributed by atoms with van der Waals surface area (Å²) in [6.45, 7) is 9.00. The van der Waals surface area contributed by atoms with Gasteiger partial charge in [0.25, 0.3) is 0 Å². The van der Waals surface area contributed by atoms with Crippen molar-refractivity contribution in [3.8, 4) is 0 Å². The Kier molecular flexibility index (Phi) is 25.5. The van der Waals surface area contributed by atoms with E-state index in [0.717, 1.165) is 0 Å². The molecule has 0 aliphatic carbocycles. The fraction of sp³-hybridized carbons (Fsp3) is 0. The van der Waals surface area contributed by atoms with E-state index in [1.807, 2.05) is 0 Å². The summed E-state index contributed by atoms with van der Waals surface area (Å²) >= 11 is -65.1. The molecule has 0 aromatic carbocycles. The molecule has 0 rings (SSSR count). The molecular formula is C2H2Ag2F30O8Te6Ti. The summed E-state index contributed by atoms with van der Waals surface area (Å²) in [6, 6.07) is 0. The van der Waals surface area contributed by atoms with Crippen LogP contribution in [0.1, 0.15) is 0 Å². The molecule has 0 amide bonds. The van der Waals surface area contributed by atoms with E-state index in [0.29, 0.717) is 0 Å². The molecule has 0 aliphatic heterocycles. The Morgan fingerprint density at radius 2 is 0.286 bits per heavy atom. The van der Waals surface area contributed by atoms with Crippen molar-refractivity contribution < 1.29 is 183 Å². The third-order valence-electron chi connectivity index (χ3n) is 0. The van der Waals surface area contributed by atoms with Crippen LogP contribution < -0.4 is 13.9 Å². The first-order valence-electron chi connectivity index (χ1n) is 6.07. The van der Waals surface area contributed by atoms with Crippen molar-refractivity contribution in [3.63, 3.8) is 0 Å². The van der Waals surface area contributed by atoms with E-state index in [-0.39, 0.29) is 66.5 Å². The van der Waals surface area contributed by atoms with Gasteiger partial charge in [0, 0.05) is 0 Å². The number of halogens is 30. The van der Waals surface area contributed by atoms with E-state index in [9.17, 15) is 86.8 Å². The zero-order valence-electron chi connectivity index (χ0n) is 19.2. The van der Waals surface area contributed by atoms with E-state index >= 15 is 0 Å². The van der Waals surface area contributed by atoms with E-state index < -0.39 is 112 Å². The summed E-state index contributed by atoms with van der Waals surface area (Å²) in [5, 5.41) is 0. The van der Waals surface area contributed by atoms with Gasteiger partial charge in [-0.2, -0.15) is 0 Å². The van der Waals surface area contributed by atoms with Gasteiger partial charge in [-0.1, -0.05) is 0 Å². The maximum Gasteiger partial charge on any atom is 2.00 e. The molecular weight excluding hydrogens is 1750 g/mol. The summed E-state index contributed by atoms with van der Waals surface area (Å²) in [5.41, 5.74) is 0. The second kappa shape index (κ2) is 15.3. The van der Waals surface area contributed by atoms with Crippen molar-refractivity contribution in [1.29, 1.82) is 0 Å². The summed E-state index contributed by atoms with van der Waals surface area (Å²) in [5.74, 6) is 0. The van der Waals surface area contributed by atoms with Gasteiger partial charge in [0.15, 0.2) is 0 Å². The number of hydrogen-bond donors (Lipinski definition) is 2. The minimum absolute atomic E-state index is 0. The first-order chi connectivity index (χ1) is 16.7. The maximum absolute atomic E-state index is 10.9. The zero-order chi connectivity index (χ0) is 42.4. The van der Waals surface area contributed by atoms with Crippen LogP contribution in [0.3, 0.4) is 0 Å². The van der Waals surface area contributed by atoms with Crippen molar-refractivity contribution >= 4 is 112 Å². The predicted molar refractivity (Wildman–Crippen MR) is 80.1 cm³/mol. The smallest absolute Gasteiger partial charge is 2.00 e. The largest absolute Gasteiger partial charge is 2.00 e. The van der Waals surface area contributed by atoms with Crippen LogP contribution >= 0.6 is 0 Å². The van der Waals surface area contributed by atoms with Crippen molar-refractivity contribution in [2.45, 2.75) is 0 Å². The summed E-state index contributed by atoms with van der Waals surface area (Å²) in [4.78, 5) is 0. The van der Waals surface area contributed by atoms with Crippen LogP contribution in [0.5, 0.6) is 0 Å². The van der Waals surface area contributed by atoms with Crippen LogP contribution in [0.4, 0.5) is 86.8 Å². The molecule has 0 atom stereocenters. The van der Waals surface area contributed by atoms with Crippen LogP contribution in [0.25, 0.3) is 0 Å².